The van der Waals surface area contributed by atoms with Crippen LogP contribution in [0.2, 0.25) is 0 Å². The van der Waals surface area contributed by atoms with Crippen LogP contribution in [0.5, 0.6) is 0 Å². The standard InChI is InChI=1S/C12H22N2O4/c1-4-9(10(15)16)7-13-11(17)14-5-6-18-12(2,3)8-14/h9H,4-8H2,1-3H3,(H,13,17)(H,15,16). The van der Waals surface area contributed by atoms with Crippen molar-refractivity contribution in [1.82, 2.24) is 10.2 Å². The van der Waals surface area contributed by atoms with Gasteiger partial charge in [-0.25, -0.2) is 4.79 Å². The number of carbonyl (C=O) groups is 2. The van der Waals surface area contributed by atoms with Gasteiger partial charge in [-0.05, 0) is 20.3 Å². The number of ether oxygens (including phenoxy) is 1. The van der Waals surface area contributed by atoms with Crippen LogP contribution in [-0.2, 0) is 9.53 Å². The molecule has 1 atom stereocenters. The van der Waals surface area contributed by atoms with Crippen molar-refractivity contribution < 1.29 is 19.4 Å². The molecule has 0 aromatic heterocycles. The zero-order valence-electron chi connectivity index (χ0n) is 11.2. The van der Waals surface area contributed by atoms with Crippen LogP contribution in [0.1, 0.15) is 27.2 Å². The van der Waals surface area contributed by atoms with E-state index in [1.54, 1.807) is 11.8 Å². The molecule has 6 heteroatoms. The second-order valence-corrected chi connectivity index (χ2v) is 5.16. The van der Waals surface area contributed by atoms with Crippen molar-refractivity contribution in [2.45, 2.75) is 32.8 Å². The first-order chi connectivity index (χ1) is 8.35. The van der Waals surface area contributed by atoms with E-state index < -0.39 is 11.9 Å². The van der Waals surface area contributed by atoms with Crippen molar-refractivity contribution >= 4 is 12.0 Å². The number of urea groups is 1. The van der Waals surface area contributed by atoms with Gasteiger partial charge in [-0.15, -0.1) is 0 Å². The molecule has 1 heterocycles. The largest absolute Gasteiger partial charge is 0.481 e. The lowest BCUT2D eigenvalue weighted by Gasteiger charge is -2.38. The number of carboxylic acids is 1. The summed E-state index contributed by atoms with van der Waals surface area (Å²) in [7, 11) is 0. The predicted molar refractivity (Wildman–Crippen MR) is 66.4 cm³/mol. The summed E-state index contributed by atoms with van der Waals surface area (Å²) in [6, 6.07) is -0.217. The highest BCUT2D eigenvalue weighted by atomic mass is 16.5. The van der Waals surface area contributed by atoms with Crippen molar-refractivity contribution in [2.24, 2.45) is 5.92 Å². The third kappa shape index (κ3) is 4.18. The molecule has 0 aromatic rings. The minimum absolute atomic E-state index is 0.169. The summed E-state index contributed by atoms with van der Waals surface area (Å²) in [6.07, 6.45) is 0.504. The minimum Gasteiger partial charge on any atom is -0.481 e. The van der Waals surface area contributed by atoms with Gasteiger partial charge >= 0.3 is 12.0 Å². The molecule has 2 N–H and O–H groups in total. The van der Waals surface area contributed by atoms with Gasteiger partial charge in [0.15, 0.2) is 0 Å². The van der Waals surface area contributed by atoms with Gasteiger partial charge in [0.1, 0.15) is 0 Å². The molecule has 1 fully saturated rings. The quantitative estimate of drug-likeness (QED) is 0.786. The van der Waals surface area contributed by atoms with Crippen LogP contribution < -0.4 is 5.32 Å². The Hall–Kier alpha value is -1.30. The number of hydrogen-bond donors (Lipinski definition) is 2. The Kier molecular flexibility index (Phi) is 4.95. The molecule has 2 amide bonds. The lowest BCUT2D eigenvalue weighted by atomic mass is 10.1. The molecule has 0 saturated carbocycles. The van der Waals surface area contributed by atoms with Gasteiger partial charge in [-0.1, -0.05) is 6.92 Å². The first-order valence-electron chi connectivity index (χ1n) is 6.25. The average Bonchev–Trinajstić information content (AvgIpc) is 2.27. The summed E-state index contributed by atoms with van der Waals surface area (Å²) in [4.78, 5) is 24.4. The molecule has 0 bridgehead atoms. The second kappa shape index (κ2) is 6.04. The van der Waals surface area contributed by atoms with Gasteiger partial charge in [-0.2, -0.15) is 0 Å². The maximum atomic E-state index is 11.9. The highest BCUT2D eigenvalue weighted by Gasteiger charge is 2.30. The fourth-order valence-electron chi connectivity index (χ4n) is 1.92. The fourth-order valence-corrected chi connectivity index (χ4v) is 1.92. The van der Waals surface area contributed by atoms with Crippen molar-refractivity contribution in [2.75, 3.05) is 26.2 Å². The number of nitrogens with one attached hydrogen (secondary N) is 1. The van der Waals surface area contributed by atoms with Crippen LogP contribution in [0.4, 0.5) is 4.79 Å². The summed E-state index contributed by atoms with van der Waals surface area (Å²) in [6.45, 7) is 7.39. The number of carboxylic acid groups (broad SMARTS) is 1. The Morgan fingerprint density at radius 3 is 2.67 bits per heavy atom. The van der Waals surface area contributed by atoms with Gasteiger partial charge in [0.2, 0.25) is 0 Å². The number of amides is 2. The summed E-state index contributed by atoms with van der Waals surface area (Å²) in [5.74, 6) is -1.40. The number of morpholine rings is 1. The summed E-state index contributed by atoms with van der Waals surface area (Å²) >= 11 is 0. The number of nitrogens with zero attached hydrogens (tertiary/aromatic N) is 1. The first-order valence-corrected chi connectivity index (χ1v) is 6.25. The molecule has 0 spiro atoms. The van der Waals surface area contributed by atoms with E-state index in [0.717, 1.165) is 0 Å². The zero-order chi connectivity index (χ0) is 13.8. The summed E-state index contributed by atoms with van der Waals surface area (Å²) in [5.41, 5.74) is -0.341. The minimum atomic E-state index is -0.875. The fraction of sp³-hybridized carbons (Fsp3) is 0.833. The number of aliphatic carboxylic acids is 1. The van der Waals surface area contributed by atoms with E-state index in [4.69, 9.17) is 9.84 Å². The van der Waals surface area contributed by atoms with E-state index in [1.165, 1.54) is 0 Å². The molecule has 6 nitrogen and oxygen atoms in total. The van der Waals surface area contributed by atoms with Crippen LogP contribution in [-0.4, -0.2) is 53.8 Å². The summed E-state index contributed by atoms with van der Waals surface area (Å²) in [5, 5.41) is 11.6. The van der Waals surface area contributed by atoms with E-state index in [0.29, 0.717) is 26.1 Å². The van der Waals surface area contributed by atoms with E-state index in [-0.39, 0.29) is 18.2 Å². The Morgan fingerprint density at radius 1 is 1.50 bits per heavy atom. The number of carbonyl (C=O) groups excluding carboxylic acids is 1. The lowest BCUT2D eigenvalue weighted by Crippen LogP contribution is -2.54. The van der Waals surface area contributed by atoms with E-state index in [1.807, 2.05) is 13.8 Å². The molecule has 1 aliphatic heterocycles. The third-order valence-electron chi connectivity index (χ3n) is 3.05. The monoisotopic (exact) mass is 258 g/mol. The smallest absolute Gasteiger partial charge is 0.317 e. The van der Waals surface area contributed by atoms with Crippen molar-refractivity contribution in [3.63, 3.8) is 0 Å². The first kappa shape index (κ1) is 14.8. The second-order valence-electron chi connectivity index (χ2n) is 5.16. The normalized spacial score (nSPS) is 20.3. The highest BCUT2D eigenvalue weighted by molar-refractivity contribution is 5.76. The zero-order valence-corrected chi connectivity index (χ0v) is 11.2. The Morgan fingerprint density at radius 2 is 2.17 bits per heavy atom. The van der Waals surface area contributed by atoms with Crippen molar-refractivity contribution in [3.05, 3.63) is 0 Å². The van der Waals surface area contributed by atoms with Crippen LogP contribution in [0.25, 0.3) is 0 Å². The molecule has 0 aromatic carbocycles. The topological polar surface area (TPSA) is 78.9 Å². The van der Waals surface area contributed by atoms with Gasteiger partial charge in [0, 0.05) is 13.1 Å². The molecule has 104 valence electrons. The molecular weight excluding hydrogens is 236 g/mol. The van der Waals surface area contributed by atoms with Crippen LogP contribution >= 0.6 is 0 Å². The van der Waals surface area contributed by atoms with Gasteiger partial charge in [0.25, 0.3) is 0 Å². The SMILES string of the molecule is CCC(CNC(=O)N1CCOC(C)(C)C1)C(=O)O. The number of rotatable bonds is 4. The van der Waals surface area contributed by atoms with Crippen molar-refractivity contribution in [1.29, 1.82) is 0 Å². The number of hydrogen-bond acceptors (Lipinski definition) is 3. The lowest BCUT2D eigenvalue weighted by molar-refractivity contribution is -0.141. The highest BCUT2D eigenvalue weighted by Crippen LogP contribution is 2.16. The molecule has 1 saturated heterocycles. The summed E-state index contributed by atoms with van der Waals surface area (Å²) < 4.78 is 5.51. The van der Waals surface area contributed by atoms with Crippen LogP contribution in [0.15, 0.2) is 0 Å². The van der Waals surface area contributed by atoms with Gasteiger partial charge in [0.05, 0.1) is 24.7 Å². The van der Waals surface area contributed by atoms with Crippen LogP contribution in [0.3, 0.4) is 0 Å². The third-order valence-corrected chi connectivity index (χ3v) is 3.05. The molecule has 1 unspecified atom stereocenters. The molecule has 18 heavy (non-hydrogen) atoms. The maximum absolute atomic E-state index is 11.9. The predicted octanol–water partition coefficient (Wildman–Crippen LogP) is 0.918. The van der Waals surface area contributed by atoms with E-state index in [9.17, 15) is 9.59 Å². The Bertz CT molecular complexity index is 317. The Labute approximate surface area is 107 Å². The van der Waals surface area contributed by atoms with Gasteiger partial charge in [-0.3, -0.25) is 4.79 Å². The van der Waals surface area contributed by atoms with Crippen molar-refractivity contribution in [3.8, 4) is 0 Å². The Balaban J connectivity index is 2.43. The maximum Gasteiger partial charge on any atom is 0.317 e. The molecule has 1 aliphatic rings. The van der Waals surface area contributed by atoms with Gasteiger partial charge < -0.3 is 20.1 Å². The molecule has 1 rings (SSSR count). The molecule has 0 radical (unpaired) electrons. The molecular formula is C12H22N2O4. The van der Waals surface area contributed by atoms with E-state index in [2.05, 4.69) is 5.32 Å². The van der Waals surface area contributed by atoms with E-state index >= 15 is 0 Å². The average molecular weight is 258 g/mol. The van der Waals surface area contributed by atoms with Crippen LogP contribution in [0, 0.1) is 5.92 Å². The molecule has 0 aliphatic carbocycles.